The van der Waals surface area contributed by atoms with Gasteiger partial charge in [0.15, 0.2) is 5.16 Å². The summed E-state index contributed by atoms with van der Waals surface area (Å²) in [5, 5.41) is 14.5. The second-order valence-corrected chi connectivity index (χ2v) is 8.03. The van der Waals surface area contributed by atoms with Crippen LogP contribution in [0.3, 0.4) is 0 Å². The van der Waals surface area contributed by atoms with Crippen molar-refractivity contribution in [2.45, 2.75) is 32.0 Å². The van der Waals surface area contributed by atoms with Gasteiger partial charge in [-0.25, -0.2) is 4.79 Å². The molecule has 0 aliphatic heterocycles. The van der Waals surface area contributed by atoms with Gasteiger partial charge in [0.25, 0.3) is 0 Å². The number of nitrogens with zero attached hydrogens (tertiary/aromatic N) is 3. The minimum atomic E-state index is -0.439. The number of anilines is 2. The summed E-state index contributed by atoms with van der Waals surface area (Å²) in [5.74, 6) is -0.200. The molecule has 0 bridgehead atoms. The highest BCUT2D eigenvalue weighted by atomic mass is 32.2. The Balaban J connectivity index is 1.56. The normalized spacial score (nSPS) is 10.5. The largest absolute Gasteiger partial charge is 0.465 e. The number of aryl methyl sites for hydroxylation is 1. The molecule has 9 nitrogen and oxygen atoms in total. The number of para-hydroxylation sites is 1. The lowest BCUT2D eigenvalue weighted by atomic mass is 10.2. The van der Waals surface area contributed by atoms with Crippen molar-refractivity contribution in [3.8, 4) is 0 Å². The van der Waals surface area contributed by atoms with Crippen LogP contribution >= 0.6 is 11.8 Å². The molecule has 172 valence electrons. The van der Waals surface area contributed by atoms with Gasteiger partial charge in [-0.1, -0.05) is 30.0 Å². The van der Waals surface area contributed by atoms with Crippen LogP contribution in [0, 0.1) is 6.92 Å². The number of esters is 1. The summed E-state index contributed by atoms with van der Waals surface area (Å²) in [5.41, 5.74) is 2.71. The lowest BCUT2D eigenvalue weighted by Gasteiger charge is -2.10. The average molecular weight is 468 g/mol. The maximum Gasteiger partial charge on any atom is 0.337 e. The minimum absolute atomic E-state index is 0.0779. The predicted octanol–water partition coefficient (Wildman–Crippen LogP) is 3.31. The molecular weight excluding hydrogens is 442 g/mol. The van der Waals surface area contributed by atoms with Crippen LogP contribution in [-0.2, 0) is 27.3 Å². The Hall–Kier alpha value is -3.66. The third-order valence-electron chi connectivity index (χ3n) is 4.77. The minimum Gasteiger partial charge on any atom is -0.465 e. The van der Waals surface area contributed by atoms with Gasteiger partial charge in [-0.05, 0) is 49.7 Å². The first-order valence-corrected chi connectivity index (χ1v) is 11.3. The smallest absolute Gasteiger partial charge is 0.337 e. The fourth-order valence-electron chi connectivity index (χ4n) is 3.06. The van der Waals surface area contributed by atoms with E-state index in [4.69, 9.17) is 0 Å². The highest BCUT2D eigenvalue weighted by molar-refractivity contribution is 7.99. The number of thioether (sulfide) groups is 1. The van der Waals surface area contributed by atoms with E-state index in [1.165, 1.54) is 18.9 Å². The predicted molar refractivity (Wildman–Crippen MR) is 126 cm³/mol. The zero-order valence-electron chi connectivity index (χ0n) is 18.6. The molecule has 2 amide bonds. The van der Waals surface area contributed by atoms with Crippen LogP contribution in [0.2, 0.25) is 0 Å². The number of carbonyl (C=O) groups excluding carboxylic acids is 3. The Morgan fingerprint density at radius 1 is 1.00 bits per heavy atom. The van der Waals surface area contributed by atoms with E-state index in [0.717, 1.165) is 11.3 Å². The molecule has 2 aromatic carbocycles. The Kier molecular flexibility index (Phi) is 8.20. The third kappa shape index (κ3) is 6.42. The number of ether oxygens (including phenoxy) is 1. The lowest BCUT2D eigenvalue weighted by Crippen LogP contribution is -2.18. The standard InChI is InChI=1S/C23H25N5O4S/c1-4-28-19(13-20(29)25-18-8-6-5-7-15(18)2)26-27-23(28)33-14-21(30)24-17-11-9-16(10-12-17)22(31)32-3/h5-12H,4,13-14H2,1-3H3,(H,24,30)(H,25,29). The van der Waals surface area contributed by atoms with Crippen LogP contribution in [0.5, 0.6) is 0 Å². The number of aromatic nitrogens is 3. The summed E-state index contributed by atoms with van der Waals surface area (Å²) in [6, 6.07) is 14.0. The zero-order valence-corrected chi connectivity index (χ0v) is 19.4. The number of hydrogen-bond donors (Lipinski definition) is 2. The third-order valence-corrected chi connectivity index (χ3v) is 5.74. The fraction of sp³-hybridized carbons (Fsp3) is 0.261. The van der Waals surface area contributed by atoms with E-state index in [9.17, 15) is 14.4 Å². The molecule has 0 radical (unpaired) electrons. The number of methoxy groups -OCH3 is 1. The Labute approximate surface area is 195 Å². The summed E-state index contributed by atoms with van der Waals surface area (Å²) in [4.78, 5) is 36.3. The summed E-state index contributed by atoms with van der Waals surface area (Å²) >= 11 is 1.24. The SMILES string of the molecule is CCn1c(CC(=O)Nc2ccccc2C)nnc1SCC(=O)Nc1ccc(C(=O)OC)cc1. The Bertz CT molecular complexity index is 1140. The first kappa shape index (κ1) is 24.0. The van der Waals surface area contributed by atoms with Crippen LogP contribution in [0.4, 0.5) is 11.4 Å². The molecule has 33 heavy (non-hydrogen) atoms. The molecule has 0 fully saturated rings. The number of benzene rings is 2. The maximum atomic E-state index is 12.5. The molecule has 10 heteroatoms. The van der Waals surface area contributed by atoms with E-state index in [1.807, 2.05) is 42.7 Å². The van der Waals surface area contributed by atoms with Crippen molar-refractivity contribution in [3.63, 3.8) is 0 Å². The van der Waals surface area contributed by atoms with Gasteiger partial charge in [0.1, 0.15) is 5.82 Å². The Morgan fingerprint density at radius 2 is 1.73 bits per heavy atom. The first-order valence-electron chi connectivity index (χ1n) is 10.3. The molecule has 0 atom stereocenters. The van der Waals surface area contributed by atoms with Gasteiger partial charge in [-0.2, -0.15) is 0 Å². The molecular formula is C23H25N5O4S. The lowest BCUT2D eigenvalue weighted by molar-refractivity contribution is -0.116. The van der Waals surface area contributed by atoms with E-state index in [1.54, 1.807) is 24.3 Å². The first-order chi connectivity index (χ1) is 15.9. The molecule has 0 aliphatic rings. The molecule has 1 aromatic heterocycles. The molecule has 0 saturated carbocycles. The Morgan fingerprint density at radius 3 is 2.39 bits per heavy atom. The van der Waals surface area contributed by atoms with Crippen LogP contribution in [-0.4, -0.2) is 45.4 Å². The maximum absolute atomic E-state index is 12.5. The second kappa shape index (κ2) is 11.3. The van der Waals surface area contributed by atoms with Crippen LogP contribution in [0.15, 0.2) is 53.7 Å². The molecule has 0 aliphatic carbocycles. The van der Waals surface area contributed by atoms with Gasteiger partial charge >= 0.3 is 5.97 Å². The van der Waals surface area contributed by atoms with E-state index < -0.39 is 5.97 Å². The summed E-state index contributed by atoms with van der Waals surface area (Å²) in [6.07, 6.45) is 0.0779. The topological polar surface area (TPSA) is 115 Å². The van der Waals surface area contributed by atoms with Gasteiger partial charge in [0, 0.05) is 17.9 Å². The molecule has 3 rings (SSSR count). The van der Waals surface area contributed by atoms with Gasteiger partial charge in [-0.15, -0.1) is 10.2 Å². The van der Waals surface area contributed by atoms with Crippen molar-refractivity contribution in [1.82, 2.24) is 14.8 Å². The van der Waals surface area contributed by atoms with Crippen molar-refractivity contribution in [1.29, 1.82) is 0 Å². The highest BCUT2D eigenvalue weighted by Gasteiger charge is 2.16. The van der Waals surface area contributed by atoms with E-state index in [0.29, 0.717) is 28.8 Å². The van der Waals surface area contributed by atoms with Crippen LogP contribution in [0.1, 0.15) is 28.7 Å². The quantitative estimate of drug-likeness (QED) is 0.366. The summed E-state index contributed by atoms with van der Waals surface area (Å²) in [7, 11) is 1.31. The van der Waals surface area contributed by atoms with Gasteiger partial charge < -0.3 is 19.9 Å². The van der Waals surface area contributed by atoms with E-state index in [2.05, 4.69) is 25.6 Å². The summed E-state index contributed by atoms with van der Waals surface area (Å²) in [6.45, 7) is 4.43. The number of nitrogens with one attached hydrogen (secondary N) is 2. The van der Waals surface area contributed by atoms with Crippen LogP contribution in [0.25, 0.3) is 0 Å². The van der Waals surface area contributed by atoms with Crippen molar-refractivity contribution in [2.24, 2.45) is 0 Å². The van der Waals surface area contributed by atoms with Crippen molar-refractivity contribution in [2.75, 3.05) is 23.5 Å². The van der Waals surface area contributed by atoms with Gasteiger partial charge in [-0.3, -0.25) is 9.59 Å². The van der Waals surface area contributed by atoms with Crippen molar-refractivity contribution < 1.29 is 19.1 Å². The van der Waals surface area contributed by atoms with Crippen molar-refractivity contribution in [3.05, 3.63) is 65.5 Å². The summed E-state index contributed by atoms with van der Waals surface area (Å²) < 4.78 is 6.48. The molecule has 2 N–H and O–H groups in total. The second-order valence-electron chi connectivity index (χ2n) is 7.09. The molecule has 0 spiro atoms. The van der Waals surface area contributed by atoms with E-state index >= 15 is 0 Å². The number of rotatable bonds is 9. The fourth-order valence-corrected chi connectivity index (χ4v) is 3.88. The zero-order chi connectivity index (χ0) is 23.8. The van der Waals surface area contributed by atoms with Gasteiger partial charge in [0.2, 0.25) is 11.8 Å². The molecule has 3 aromatic rings. The number of carbonyl (C=O) groups is 3. The number of hydrogen-bond acceptors (Lipinski definition) is 7. The van der Waals surface area contributed by atoms with Gasteiger partial charge in [0.05, 0.1) is 24.8 Å². The molecule has 0 unspecified atom stereocenters. The number of amides is 2. The van der Waals surface area contributed by atoms with Crippen LogP contribution < -0.4 is 10.6 Å². The monoisotopic (exact) mass is 467 g/mol. The highest BCUT2D eigenvalue weighted by Crippen LogP contribution is 2.19. The van der Waals surface area contributed by atoms with Crippen molar-refractivity contribution >= 4 is 40.9 Å². The average Bonchev–Trinajstić information content (AvgIpc) is 3.20. The molecule has 1 heterocycles. The van der Waals surface area contributed by atoms with E-state index in [-0.39, 0.29) is 24.0 Å². The molecule has 0 saturated heterocycles.